The summed E-state index contributed by atoms with van der Waals surface area (Å²) in [6.07, 6.45) is 0. The third-order valence-electron chi connectivity index (χ3n) is 3.52. The minimum atomic E-state index is 0.501. The first kappa shape index (κ1) is 16.7. The van der Waals surface area contributed by atoms with E-state index in [-0.39, 0.29) is 0 Å². The first-order valence-electron chi connectivity index (χ1n) is 7.70. The second-order valence-corrected chi connectivity index (χ2v) is 7.14. The largest absolute Gasteiger partial charge is 0.497 e. The number of rotatable bonds is 7. The van der Waals surface area contributed by atoms with Crippen molar-refractivity contribution in [3.63, 3.8) is 0 Å². The summed E-state index contributed by atoms with van der Waals surface area (Å²) in [7, 11) is 1.65. The van der Waals surface area contributed by atoms with Gasteiger partial charge < -0.3 is 9.26 Å². The molecule has 3 heterocycles. The maximum atomic E-state index is 5.30. The standard InChI is InChI=1S/C16H14N6O2S2/c1-23-12-6-4-11(5-7-12)9-22-16(18-20-21-22)26-10-14-17-15(19-24-14)13-3-2-8-25-13/h2-8H,9-10H2,1H3. The summed E-state index contributed by atoms with van der Waals surface area (Å²) >= 11 is 3.03. The second kappa shape index (κ2) is 7.67. The highest BCUT2D eigenvalue weighted by molar-refractivity contribution is 7.98. The highest BCUT2D eigenvalue weighted by Gasteiger charge is 2.13. The molecule has 0 radical (unpaired) electrons. The molecule has 1 aromatic carbocycles. The predicted octanol–water partition coefficient (Wildman–Crippen LogP) is 3.13. The molecule has 0 unspecified atom stereocenters. The van der Waals surface area contributed by atoms with Crippen LogP contribution < -0.4 is 4.74 Å². The molecule has 0 fully saturated rings. The molecular weight excluding hydrogens is 372 g/mol. The highest BCUT2D eigenvalue weighted by atomic mass is 32.2. The minimum absolute atomic E-state index is 0.501. The van der Waals surface area contributed by atoms with E-state index in [1.54, 1.807) is 23.1 Å². The molecular formula is C16H14N6O2S2. The molecule has 4 aromatic rings. The molecule has 0 atom stereocenters. The summed E-state index contributed by atoms with van der Waals surface area (Å²) in [6.45, 7) is 0.573. The Morgan fingerprint density at radius 3 is 2.88 bits per heavy atom. The average Bonchev–Trinajstić information content (AvgIpc) is 3.42. The van der Waals surface area contributed by atoms with Crippen LogP contribution in [0.3, 0.4) is 0 Å². The van der Waals surface area contributed by atoms with E-state index < -0.39 is 0 Å². The van der Waals surface area contributed by atoms with Crippen LogP contribution in [0.2, 0.25) is 0 Å². The Balaban J connectivity index is 1.41. The Morgan fingerprint density at radius 1 is 1.23 bits per heavy atom. The Morgan fingerprint density at radius 2 is 2.12 bits per heavy atom. The van der Waals surface area contributed by atoms with Gasteiger partial charge in [-0.1, -0.05) is 35.1 Å². The number of hydrogen-bond acceptors (Lipinski definition) is 9. The molecule has 26 heavy (non-hydrogen) atoms. The van der Waals surface area contributed by atoms with Crippen LogP contribution in [0.25, 0.3) is 10.7 Å². The van der Waals surface area contributed by atoms with Crippen LogP contribution >= 0.6 is 23.1 Å². The van der Waals surface area contributed by atoms with E-state index in [4.69, 9.17) is 9.26 Å². The fourth-order valence-corrected chi connectivity index (χ4v) is 3.61. The topological polar surface area (TPSA) is 91.8 Å². The quantitative estimate of drug-likeness (QED) is 0.447. The van der Waals surface area contributed by atoms with E-state index in [1.807, 2.05) is 41.8 Å². The van der Waals surface area contributed by atoms with Crippen LogP contribution in [0.1, 0.15) is 11.5 Å². The van der Waals surface area contributed by atoms with Gasteiger partial charge in [-0.2, -0.15) is 4.98 Å². The monoisotopic (exact) mass is 386 g/mol. The van der Waals surface area contributed by atoms with Crippen LogP contribution in [0.15, 0.2) is 51.5 Å². The van der Waals surface area contributed by atoms with Crippen molar-refractivity contribution in [1.29, 1.82) is 0 Å². The van der Waals surface area contributed by atoms with E-state index in [1.165, 1.54) is 11.8 Å². The number of ether oxygens (including phenoxy) is 1. The fourth-order valence-electron chi connectivity index (χ4n) is 2.25. The molecule has 3 aromatic heterocycles. The van der Waals surface area contributed by atoms with E-state index in [0.717, 1.165) is 16.2 Å². The lowest BCUT2D eigenvalue weighted by Gasteiger charge is -2.05. The summed E-state index contributed by atoms with van der Waals surface area (Å²) in [5.74, 6) is 2.46. The van der Waals surface area contributed by atoms with Gasteiger partial charge in [0.05, 0.1) is 24.3 Å². The third kappa shape index (κ3) is 3.75. The van der Waals surface area contributed by atoms with Gasteiger partial charge in [-0.3, -0.25) is 0 Å². The molecule has 8 nitrogen and oxygen atoms in total. The van der Waals surface area contributed by atoms with Crippen molar-refractivity contribution in [3.05, 3.63) is 53.2 Å². The van der Waals surface area contributed by atoms with Crippen molar-refractivity contribution >= 4 is 23.1 Å². The number of nitrogens with zero attached hydrogens (tertiary/aromatic N) is 6. The Hall–Kier alpha value is -2.72. The zero-order chi connectivity index (χ0) is 17.8. The Labute approximate surface area is 157 Å². The molecule has 0 saturated carbocycles. The summed E-state index contributed by atoms with van der Waals surface area (Å²) < 4.78 is 12.2. The Bertz CT molecular complexity index is 965. The minimum Gasteiger partial charge on any atom is -0.497 e. The van der Waals surface area contributed by atoms with E-state index in [0.29, 0.717) is 29.2 Å². The van der Waals surface area contributed by atoms with Gasteiger partial charge in [-0.05, 0) is 39.6 Å². The summed E-state index contributed by atoms with van der Waals surface area (Å²) in [6, 6.07) is 11.7. The fraction of sp³-hybridized carbons (Fsp3) is 0.188. The normalized spacial score (nSPS) is 11.0. The van der Waals surface area contributed by atoms with Gasteiger partial charge in [0.2, 0.25) is 16.9 Å². The maximum absolute atomic E-state index is 5.30. The summed E-state index contributed by atoms with van der Waals surface area (Å²) in [5.41, 5.74) is 1.08. The lowest BCUT2D eigenvalue weighted by molar-refractivity contribution is 0.391. The van der Waals surface area contributed by atoms with E-state index in [9.17, 15) is 0 Å². The molecule has 0 N–H and O–H groups in total. The lowest BCUT2D eigenvalue weighted by Crippen LogP contribution is -2.04. The second-order valence-electron chi connectivity index (χ2n) is 5.24. The molecule has 4 rings (SSSR count). The number of tetrazole rings is 1. The zero-order valence-corrected chi connectivity index (χ0v) is 15.4. The number of thioether (sulfide) groups is 1. The van der Waals surface area contributed by atoms with Crippen molar-refractivity contribution in [2.45, 2.75) is 17.5 Å². The van der Waals surface area contributed by atoms with Crippen LogP contribution in [-0.4, -0.2) is 37.5 Å². The predicted molar refractivity (Wildman–Crippen MR) is 97.1 cm³/mol. The summed E-state index contributed by atoms with van der Waals surface area (Å²) in [4.78, 5) is 5.39. The van der Waals surface area contributed by atoms with Gasteiger partial charge in [-0.15, -0.1) is 16.4 Å². The van der Waals surface area contributed by atoms with Crippen LogP contribution in [0.5, 0.6) is 5.75 Å². The number of methoxy groups -OCH3 is 1. The molecule has 0 spiro atoms. The highest BCUT2D eigenvalue weighted by Crippen LogP contribution is 2.24. The first-order valence-corrected chi connectivity index (χ1v) is 9.57. The van der Waals surface area contributed by atoms with Gasteiger partial charge in [-0.25, -0.2) is 4.68 Å². The lowest BCUT2D eigenvalue weighted by atomic mass is 10.2. The van der Waals surface area contributed by atoms with Crippen molar-refractivity contribution in [1.82, 2.24) is 30.3 Å². The molecule has 0 aliphatic heterocycles. The van der Waals surface area contributed by atoms with Gasteiger partial charge >= 0.3 is 0 Å². The van der Waals surface area contributed by atoms with Crippen LogP contribution in [0, 0.1) is 0 Å². The zero-order valence-electron chi connectivity index (χ0n) is 13.8. The van der Waals surface area contributed by atoms with Crippen molar-refractivity contribution in [3.8, 4) is 16.5 Å². The smallest absolute Gasteiger partial charge is 0.237 e. The average molecular weight is 386 g/mol. The van der Waals surface area contributed by atoms with Gasteiger partial charge in [0.25, 0.3) is 0 Å². The van der Waals surface area contributed by atoms with E-state index in [2.05, 4.69) is 25.7 Å². The van der Waals surface area contributed by atoms with Gasteiger partial charge in [0.15, 0.2) is 0 Å². The molecule has 0 aliphatic carbocycles. The van der Waals surface area contributed by atoms with Gasteiger partial charge in [0, 0.05) is 0 Å². The Kier molecular flexibility index (Phi) is 4.93. The molecule has 10 heteroatoms. The first-order chi connectivity index (χ1) is 12.8. The van der Waals surface area contributed by atoms with Gasteiger partial charge in [0.1, 0.15) is 5.75 Å². The molecule has 0 saturated heterocycles. The molecule has 0 bridgehead atoms. The number of thiophene rings is 1. The molecule has 0 amide bonds. The molecule has 0 aliphatic rings. The summed E-state index contributed by atoms with van der Waals surface area (Å²) in [5, 5.41) is 18.6. The van der Waals surface area contributed by atoms with Crippen LogP contribution in [0.4, 0.5) is 0 Å². The maximum Gasteiger partial charge on any atom is 0.237 e. The number of hydrogen-bond donors (Lipinski definition) is 0. The number of benzene rings is 1. The SMILES string of the molecule is COc1ccc(Cn2nnnc2SCc2nc(-c3cccs3)no2)cc1. The van der Waals surface area contributed by atoms with Crippen molar-refractivity contribution in [2.24, 2.45) is 0 Å². The third-order valence-corrected chi connectivity index (χ3v) is 5.33. The van der Waals surface area contributed by atoms with E-state index >= 15 is 0 Å². The van der Waals surface area contributed by atoms with Crippen molar-refractivity contribution in [2.75, 3.05) is 7.11 Å². The number of aromatic nitrogens is 6. The molecule has 132 valence electrons. The van der Waals surface area contributed by atoms with Crippen LogP contribution in [-0.2, 0) is 12.3 Å². The van der Waals surface area contributed by atoms with Crippen molar-refractivity contribution < 1.29 is 9.26 Å².